The summed E-state index contributed by atoms with van der Waals surface area (Å²) in [5, 5.41) is 8.25. The second-order valence-electron chi connectivity index (χ2n) is 6.74. The number of benzene rings is 2. The van der Waals surface area contributed by atoms with Gasteiger partial charge in [-0.25, -0.2) is 13.2 Å². The van der Waals surface area contributed by atoms with Crippen molar-refractivity contribution in [3.8, 4) is 0 Å². The lowest BCUT2D eigenvalue weighted by Gasteiger charge is -2.29. The molecule has 3 nitrogen and oxygen atoms in total. The maximum absolute atomic E-state index is 14.3. The topological polar surface area (TPSA) is 38.1 Å². The van der Waals surface area contributed by atoms with E-state index >= 15 is 0 Å². The van der Waals surface area contributed by atoms with Crippen LogP contribution in [0.5, 0.6) is 0 Å². The van der Waals surface area contributed by atoms with E-state index in [1.54, 1.807) is 18.2 Å². The molecule has 0 bridgehead atoms. The highest BCUT2D eigenvalue weighted by Gasteiger charge is 2.30. The van der Waals surface area contributed by atoms with Gasteiger partial charge in [0.25, 0.3) is 0 Å². The van der Waals surface area contributed by atoms with Crippen molar-refractivity contribution < 1.29 is 13.2 Å². The van der Waals surface area contributed by atoms with Crippen LogP contribution in [0.3, 0.4) is 0 Å². The smallest absolute Gasteiger partial charge is 0.186 e. The van der Waals surface area contributed by atoms with Crippen LogP contribution in [0.4, 0.5) is 13.2 Å². The Bertz CT molecular complexity index is 1040. The van der Waals surface area contributed by atoms with Crippen LogP contribution in [0.15, 0.2) is 41.4 Å². The van der Waals surface area contributed by atoms with Gasteiger partial charge in [-0.3, -0.25) is 4.99 Å². The summed E-state index contributed by atoms with van der Waals surface area (Å²) in [7, 11) is 0. The Hall–Kier alpha value is -2.76. The highest BCUT2D eigenvalue weighted by molar-refractivity contribution is 6.14. The van der Waals surface area contributed by atoms with Crippen molar-refractivity contribution in [2.75, 3.05) is 0 Å². The van der Waals surface area contributed by atoms with Crippen molar-refractivity contribution >= 4 is 16.6 Å². The lowest BCUT2D eigenvalue weighted by Crippen LogP contribution is -2.30. The summed E-state index contributed by atoms with van der Waals surface area (Å²) in [5.41, 5.74) is 1.48. The zero-order valence-electron chi connectivity index (χ0n) is 13.6. The van der Waals surface area contributed by atoms with E-state index in [0.29, 0.717) is 34.3 Å². The van der Waals surface area contributed by atoms with E-state index in [2.05, 4.69) is 10.2 Å². The summed E-state index contributed by atoms with van der Waals surface area (Å²) in [6.45, 7) is 3.82. The molecule has 2 aromatic carbocycles. The molecule has 1 aromatic heterocycles. The molecule has 0 spiro atoms. The quantitative estimate of drug-likeness (QED) is 0.665. The average Bonchev–Trinajstić information content (AvgIpc) is 2.58. The molecule has 6 heteroatoms. The van der Waals surface area contributed by atoms with Crippen molar-refractivity contribution in [2.45, 2.75) is 25.8 Å². The average molecular weight is 341 g/mol. The fraction of sp³-hybridized carbons (Fsp3) is 0.211. The van der Waals surface area contributed by atoms with E-state index in [9.17, 15) is 13.2 Å². The third-order valence-electron chi connectivity index (χ3n) is 4.29. The number of nitrogens with zero attached hydrogens (tertiary/aromatic N) is 3. The van der Waals surface area contributed by atoms with Gasteiger partial charge in [0.05, 0.1) is 11.3 Å². The van der Waals surface area contributed by atoms with Gasteiger partial charge in [-0.05, 0) is 43.7 Å². The molecular formula is C19H14F3N3. The first kappa shape index (κ1) is 15.7. The minimum atomic E-state index is -1.03. The van der Waals surface area contributed by atoms with Crippen molar-refractivity contribution in [3.63, 3.8) is 0 Å². The van der Waals surface area contributed by atoms with Crippen molar-refractivity contribution in [3.05, 3.63) is 70.7 Å². The highest BCUT2D eigenvalue weighted by Crippen LogP contribution is 2.31. The van der Waals surface area contributed by atoms with Gasteiger partial charge in [0.2, 0.25) is 0 Å². The van der Waals surface area contributed by atoms with Crippen LogP contribution in [0.1, 0.15) is 30.7 Å². The molecule has 0 aliphatic carbocycles. The largest absolute Gasteiger partial charge is 0.276 e. The monoisotopic (exact) mass is 341 g/mol. The summed E-state index contributed by atoms with van der Waals surface area (Å²) in [5.74, 6) is -2.30. The Morgan fingerprint density at radius 1 is 0.960 bits per heavy atom. The van der Waals surface area contributed by atoms with Crippen LogP contribution in [0.25, 0.3) is 10.9 Å². The summed E-state index contributed by atoms with van der Waals surface area (Å²) in [6, 6.07) is 8.90. The summed E-state index contributed by atoms with van der Waals surface area (Å²) in [6.07, 6.45) is 0.472. The molecule has 0 N–H and O–H groups in total. The Labute approximate surface area is 142 Å². The lowest BCUT2D eigenvalue weighted by atomic mass is 9.85. The Kier molecular flexibility index (Phi) is 3.39. The number of aliphatic imine (C=N–C) groups is 1. The van der Waals surface area contributed by atoms with Crippen LogP contribution in [-0.2, 0) is 6.42 Å². The zero-order chi connectivity index (χ0) is 17.8. The molecule has 126 valence electrons. The van der Waals surface area contributed by atoms with Crippen LogP contribution in [0.2, 0.25) is 0 Å². The molecule has 1 aliphatic heterocycles. The summed E-state index contributed by atoms with van der Waals surface area (Å²) >= 11 is 0. The van der Waals surface area contributed by atoms with E-state index < -0.39 is 17.2 Å². The fourth-order valence-electron chi connectivity index (χ4n) is 3.16. The van der Waals surface area contributed by atoms with Crippen LogP contribution in [0, 0.1) is 17.5 Å². The minimum absolute atomic E-state index is 0.140. The molecule has 4 rings (SSSR count). The van der Waals surface area contributed by atoms with Gasteiger partial charge in [0.15, 0.2) is 11.6 Å². The summed E-state index contributed by atoms with van der Waals surface area (Å²) in [4.78, 5) is 4.69. The van der Waals surface area contributed by atoms with Crippen LogP contribution >= 0.6 is 0 Å². The minimum Gasteiger partial charge on any atom is -0.276 e. The maximum Gasteiger partial charge on any atom is 0.186 e. The van der Waals surface area contributed by atoms with Crippen LogP contribution < -0.4 is 0 Å². The molecule has 2 heterocycles. The van der Waals surface area contributed by atoms with Crippen molar-refractivity contribution in [1.29, 1.82) is 0 Å². The van der Waals surface area contributed by atoms with E-state index in [1.807, 2.05) is 13.8 Å². The van der Waals surface area contributed by atoms with Crippen molar-refractivity contribution in [1.82, 2.24) is 10.2 Å². The van der Waals surface area contributed by atoms with Gasteiger partial charge in [-0.1, -0.05) is 12.1 Å². The molecule has 0 unspecified atom stereocenters. The SMILES string of the molecule is CC1(C)Cc2c(F)cccc2C(c2cc3ccc(F)c(F)c3nn2)=N1. The zero-order valence-corrected chi connectivity index (χ0v) is 13.6. The Morgan fingerprint density at radius 3 is 2.56 bits per heavy atom. The number of hydrogen-bond acceptors (Lipinski definition) is 3. The standard InChI is InChI=1S/C19H14F3N3/c1-19(2)9-12-11(4-3-5-13(12)20)18(23-19)15-8-10-6-7-14(21)16(22)17(10)25-24-15/h3-8H,9H2,1-2H3. The van der Waals surface area contributed by atoms with E-state index in [0.717, 1.165) is 6.07 Å². The number of aromatic nitrogens is 2. The molecule has 0 atom stereocenters. The van der Waals surface area contributed by atoms with Gasteiger partial charge < -0.3 is 0 Å². The van der Waals surface area contributed by atoms with Crippen LogP contribution in [-0.4, -0.2) is 21.4 Å². The molecule has 0 saturated carbocycles. The second kappa shape index (κ2) is 5.37. The first-order valence-electron chi connectivity index (χ1n) is 7.85. The van der Waals surface area contributed by atoms with Gasteiger partial charge >= 0.3 is 0 Å². The van der Waals surface area contributed by atoms with Crippen molar-refractivity contribution in [2.24, 2.45) is 4.99 Å². The molecular weight excluding hydrogens is 327 g/mol. The number of rotatable bonds is 1. The number of fused-ring (bicyclic) bond motifs is 2. The molecule has 0 amide bonds. The van der Waals surface area contributed by atoms with E-state index in [-0.39, 0.29) is 11.3 Å². The fourth-order valence-corrected chi connectivity index (χ4v) is 3.16. The highest BCUT2D eigenvalue weighted by atomic mass is 19.2. The third kappa shape index (κ3) is 2.58. The molecule has 0 fully saturated rings. The number of hydrogen-bond donors (Lipinski definition) is 0. The number of halogens is 3. The molecule has 1 aliphatic rings. The maximum atomic E-state index is 14.3. The van der Waals surface area contributed by atoms with Gasteiger partial charge in [-0.2, -0.15) is 0 Å². The van der Waals surface area contributed by atoms with Gasteiger partial charge in [0.1, 0.15) is 17.0 Å². The first-order chi connectivity index (χ1) is 11.9. The molecule has 0 radical (unpaired) electrons. The van der Waals surface area contributed by atoms with E-state index in [4.69, 9.17) is 4.99 Å². The predicted octanol–water partition coefficient (Wildman–Crippen LogP) is 4.22. The Morgan fingerprint density at radius 2 is 1.76 bits per heavy atom. The molecule has 0 saturated heterocycles. The molecule has 3 aromatic rings. The summed E-state index contributed by atoms with van der Waals surface area (Å²) < 4.78 is 41.4. The lowest BCUT2D eigenvalue weighted by molar-refractivity contribution is 0.492. The Balaban J connectivity index is 1.94. The van der Waals surface area contributed by atoms with E-state index in [1.165, 1.54) is 12.1 Å². The first-order valence-corrected chi connectivity index (χ1v) is 7.85. The van der Waals surface area contributed by atoms with Gasteiger partial charge in [0, 0.05) is 17.4 Å². The third-order valence-corrected chi connectivity index (χ3v) is 4.29. The predicted molar refractivity (Wildman–Crippen MR) is 89.3 cm³/mol. The normalized spacial score (nSPS) is 15.8. The molecule has 25 heavy (non-hydrogen) atoms. The van der Waals surface area contributed by atoms with Gasteiger partial charge in [-0.15, -0.1) is 10.2 Å². The second-order valence-corrected chi connectivity index (χ2v) is 6.74.